The van der Waals surface area contributed by atoms with E-state index in [1.807, 2.05) is 30.3 Å². The SMILES string of the molecule is CN(C)S(=O)(=O)c1cccc(NC(=O)COC(=O)[C@H](Cc2ccccc2)NC(=O)c2cccs2)c1. The number of benzene rings is 2. The molecular weight excluding hydrogens is 490 g/mol. The number of thiophene rings is 1. The molecule has 0 bridgehead atoms. The quantitative estimate of drug-likeness (QED) is 0.400. The third-order valence-corrected chi connectivity index (χ3v) is 7.54. The third-order valence-electron chi connectivity index (χ3n) is 4.86. The minimum absolute atomic E-state index is 0.0107. The molecule has 0 radical (unpaired) electrons. The molecule has 1 heterocycles. The van der Waals surface area contributed by atoms with Crippen molar-refractivity contribution in [3.63, 3.8) is 0 Å². The van der Waals surface area contributed by atoms with Gasteiger partial charge in [-0.2, -0.15) is 0 Å². The van der Waals surface area contributed by atoms with Crippen LogP contribution in [0.15, 0.2) is 77.0 Å². The van der Waals surface area contributed by atoms with Crippen LogP contribution in [0.2, 0.25) is 0 Å². The van der Waals surface area contributed by atoms with E-state index in [0.717, 1.165) is 9.87 Å². The number of hydrogen-bond donors (Lipinski definition) is 2. The highest BCUT2D eigenvalue weighted by molar-refractivity contribution is 7.89. The number of nitrogens with zero attached hydrogens (tertiary/aromatic N) is 1. The third kappa shape index (κ3) is 7.22. The van der Waals surface area contributed by atoms with Crippen LogP contribution in [0.5, 0.6) is 0 Å². The van der Waals surface area contributed by atoms with Gasteiger partial charge in [0.2, 0.25) is 10.0 Å². The molecule has 0 aliphatic heterocycles. The van der Waals surface area contributed by atoms with Crippen LogP contribution in [0.3, 0.4) is 0 Å². The summed E-state index contributed by atoms with van der Waals surface area (Å²) in [6, 6.07) is 17.2. The Morgan fingerprint density at radius 3 is 2.40 bits per heavy atom. The predicted molar refractivity (Wildman–Crippen MR) is 133 cm³/mol. The first-order valence-electron chi connectivity index (χ1n) is 10.5. The van der Waals surface area contributed by atoms with Crippen molar-refractivity contribution in [3.05, 3.63) is 82.6 Å². The minimum Gasteiger partial charge on any atom is -0.454 e. The molecule has 35 heavy (non-hydrogen) atoms. The number of carbonyl (C=O) groups excluding carboxylic acids is 3. The number of anilines is 1. The Morgan fingerprint density at radius 2 is 1.74 bits per heavy atom. The van der Waals surface area contributed by atoms with E-state index >= 15 is 0 Å². The second-order valence-electron chi connectivity index (χ2n) is 7.66. The van der Waals surface area contributed by atoms with Gasteiger partial charge >= 0.3 is 5.97 Å². The Kier molecular flexibility index (Phi) is 8.74. The molecule has 1 atom stereocenters. The van der Waals surface area contributed by atoms with Crippen molar-refractivity contribution < 1.29 is 27.5 Å². The molecule has 9 nitrogen and oxygen atoms in total. The van der Waals surface area contributed by atoms with Gasteiger partial charge < -0.3 is 15.4 Å². The maximum Gasteiger partial charge on any atom is 0.329 e. The van der Waals surface area contributed by atoms with Crippen molar-refractivity contribution in [2.75, 3.05) is 26.0 Å². The average Bonchev–Trinajstić information content (AvgIpc) is 3.38. The van der Waals surface area contributed by atoms with E-state index in [0.29, 0.717) is 4.88 Å². The van der Waals surface area contributed by atoms with E-state index in [2.05, 4.69) is 10.6 Å². The molecule has 0 saturated carbocycles. The zero-order valence-corrected chi connectivity index (χ0v) is 20.8. The number of esters is 1. The van der Waals surface area contributed by atoms with E-state index in [-0.39, 0.29) is 17.0 Å². The maximum atomic E-state index is 12.8. The lowest BCUT2D eigenvalue weighted by Gasteiger charge is -2.17. The summed E-state index contributed by atoms with van der Waals surface area (Å²) >= 11 is 1.24. The molecule has 1 aromatic heterocycles. The van der Waals surface area contributed by atoms with Crippen LogP contribution in [0.4, 0.5) is 5.69 Å². The Morgan fingerprint density at radius 1 is 1.00 bits per heavy atom. The monoisotopic (exact) mass is 515 g/mol. The maximum absolute atomic E-state index is 12.8. The van der Waals surface area contributed by atoms with Crippen molar-refractivity contribution in [1.82, 2.24) is 9.62 Å². The van der Waals surface area contributed by atoms with Gasteiger partial charge in [0.05, 0.1) is 9.77 Å². The second-order valence-corrected chi connectivity index (χ2v) is 10.8. The van der Waals surface area contributed by atoms with E-state index in [9.17, 15) is 22.8 Å². The van der Waals surface area contributed by atoms with Crippen LogP contribution in [-0.2, 0) is 30.8 Å². The molecule has 3 aromatic rings. The average molecular weight is 516 g/mol. The van der Waals surface area contributed by atoms with Gasteiger partial charge in [0.25, 0.3) is 11.8 Å². The van der Waals surface area contributed by atoms with Crippen LogP contribution in [-0.4, -0.2) is 57.3 Å². The van der Waals surface area contributed by atoms with Crippen LogP contribution in [0.25, 0.3) is 0 Å². The van der Waals surface area contributed by atoms with Gasteiger partial charge in [0.15, 0.2) is 6.61 Å². The summed E-state index contributed by atoms with van der Waals surface area (Å²) in [5, 5.41) is 6.94. The fraction of sp³-hybridized carbons (Fsp3) is 0.208. The first kappa shape index (κ1) is 26.1. The lowest BCUT2D eigenvalue weighted by molar-refractivity contribution is -0.149. The Labute approximate surface area is 207 Å². The molecule has 2 amide bonds. The van der Waals surface area contributed by atoms with Crippen molar-refractivity contribution in [1.29, 1.82) is 0 Å². The van der Waals surface area contributed by atoms with Gasteiger partial charge in [0, 0.05) is 26.2 Å². The van der Waals surface area contributed by atoms with Crippen LogP contribution >= 0.6 is 11.3 Å². The van der Waals surface area contributed by atoms with E-state index in [1.54, 1.807) is 17.5 Å². The molecule has 2 aromatic carbocycles. The number of sulfonamides is 1. The van der Waals surface area contributed by atoms with Crippen molar-refractivity contribution in [2.24, 2.45) is 0 Å². The molecule has 0 aliphatic rings. The van der Waals surface area contributed by atoms with Crippen LogP contribution in [0.1, 0.15) is 15.2 Å². The molecule has 0 spiro atoms. The van der Waals surface area contributed by atoms with Gasteiger partial charge in [-0.05, 0) is 35.2 Å². The molecule has 2 N–H and O–H groups in total. The molecular formula is C24H25N3O6S2. The number of rotatable bonds is 10. The molecule has 0 aliphatic carbocycles. The summed E-state index contributed by atoms with van der Waals surface area (Å²) in [4.78, 5) is 38.1. The molecule has 0 fully saturated rings. The predicted octanol–water partition coefficient (Wildman–Crippen LogP) is 2.52. The standard InChI is InChI=1S/C24H25N3O6S2/c1-27(2)35(31,32)19-11-6-10-18(15-19)25-22(28)16-33-24(30)20(14-17-8-4-3-5-9-17)26-23(29)21-12-7-13-34-21/h3-13,15,20H,14,16H2,1-2H3,(H,25,28)(H,26,29)/t20-/m0/s1. The van der Waals surface area contributed by atoms with E-state index in [1.165, 1.54) is 49.7 Å². The molecule has 0 unspecified atom stereocenters. The molecule has 0 saturated heterocycles. The summed E-state index contributed by atoms with van der Waals surface area (Å²) in [6.45, 7) is -0.607. The lowest BCUT2D eigenvalue weighted by atomic mass is 10.1. The minimum atomic E-state index is -3.67. The number of nitrogens with one attached hydrogen (secondary N) is 2. The summed E-state index contributed by atoms with van der Waals surface area (Å²) in [6.07, 6.45) is 0.183. The summed E-state index contributed by atoms with van der Waals surface area (Å²) in [5.41, 5.74) is 1.05. The fourth-order valence-electron chi connectivity index (χ4n) is 3.06. The number of carbonyl (C=O) groups is 3. The molecule has 184 valence electrons. The topological polar surface area (TPSA) is 122 Å². The summed E-state index contributed by atoms with van der Waals surface area (Å²) < 4.78 is 30.8. The zero-order chi connectivity index (χ0) is 25.4. The summed E-state index contributed by atoms with van der Waals surface area (Å²) in [7, 11) is -0.863. The smallest absolute Gasteiger partial charge is 0.329 e. The van der Waals surface area contributed by atoms with Crippen molar-refractivity contribution in [3.8, 4) is 0 Å². The largest absolute Gasteiger partial charge is 0.454 e. The van der Waals surface area contributed by atoms with E-state index in [4.69, 9.17) is 4.74 Å². The van der Waals surface area contributed by atoms with Crippen molar-refractivity contribution in [2.45, 2.75) is 17.4 Å². The van der Waals surface area contributed by atoms with Crippen LogP contribution in [0, 0.1) is 0 Å². The highest BCUT2D eigenvalue weighted by Crippen LogP contribution is 2.18. The van der Waals surface area contributed by atoms with Gasteiger partial charge in [-0.15, -0.1) is 11.3 Å². The summed E-state index contributed by atoms with van der Waals surface area (Å²) in [5.74, 6) is -1.83. The highest BCUT2D eigenvalue weighted by Gasteiger charge is 2.25. The Bertz CT molecular complexity index is 1280. The van der Waals surface area contributed by atoms with Crippen molar-refractivity contribution >= 4 is 44.8 Å². The lowest BCUT2D eigenvalue weighted by Crippen LogP contribution is -2.43. The van der Waals surface area contributed by atoms with Gasteiger partial charge in [0.1, 0.15) is 6.04 Å². The first-order chi connectivity index (χ1) is 16.7. The van der Waals surface area contributed by atoms with Gasteiger partial charge in [-0.3, -0.25) is 9.59 Å². The Hall–Kier alpha value is -3.54. The van der Waals surface area contributed by atoms with Crippen LogP contribution < -0.4 is 10.6 Å². The first-order valence-corrected chi connectivity index (χ1v) is 12.9. The van der Waals surface area contributed by atoms with E-state index < -0.39 is 40.5 Å². The Balaban J connectivity index is 1.64. The number of amides is 2. The normalized spacial score (nSPS) is 12.1. The fourth-order valence-corrected chi connectivity index (χ4v) is 4.63. The zero-order valence-electron chi connectivity index (χ0n) is 19.1. The number of ether oxygens (including phenoxy) is 1. The highest BCUT2D eigenvalue weighted by atomic mass is 32.2. The van der Waals surface area contributed by atoms with Gasteiger partial charge in [-0.1, -0.05) is 42.5 Å². The molecule has 11 heteroatoms. The molecule has 3 rings (SSSR count). The number of hydrogen-bond acceptors (Lipinski definition) is 7. The van der Waals surface area contributed by atoms with Gasteiger partial charge in [-0.25, -0.2) is 17.5 Å². The second kappa shape index (κ2) is 11.7.